The van der Waals surface area contributed by atoms with Crippen molar-refractivity contribution < 1.29 is 5.11 Å². The smallest absolute Gasteiger partial charge is 0.0443 e. The normalized spacial score (nSPS) is 28.8. The van der Waals surface area contributed by atoms with Gasteiger partial charge in [-0.05, 0) is 44.2 Å². The largest absolute Gasteiger partial charge is 0.396 e. The van der Waals surface area contributed by atoms with E-state index in [0.717, 1.165) is 32.0 Å². The van der Waals surface area contributed by atoms with E-state index in [1.807, 2.05) is 0 Å². The summed E-state index contributed by atoms with van der Waals surface area (Å²) in [5, 5.41) is 9.02. The van der Waals surface area contributed by atoms with Crippen molar-refractivity contribution in [1.82, 2.24) is 4.90 Å². The minimum atomic E-state index is 0.300. The Morgan fingerprint density at radius 3 is 2.61 bits per heavy atom. The molecule has 3 unspecified atom stereocenters. The summed E-state index contributed by atoms with van der Waals surface area (Å²) in [7, 11) is 0. The first-order valence-corrected chi connectivity index (χ1v) is 7.81. The topological polar surface area (TPSA) is 49.5 Å². The Balaban J connectivity index is 2.58. The van der Waals surface area contributed by atoms with Crippen LogP contribution in [0.3, 0.4) is 0 Å². The molecule has 1 fully saturated rings. The molecule has 1 saturated carbocycles. The van der Waals surface area contributed by atoms with Gasteiger partial charge in [0.25, 0.3) is 0 Å². The molecular formula is C15H32N2O. The quantitative estimate of drug-likeness (QED) is 0.700. The molecule has 108 valence electrons. The Morgan fingerprint density at radius 1 is 1.28 bits per heavy atom. The predicted molar refractivity (Wildman–Crippen MR) is 77.5 cm³/mol. The molecule has 1 aliphatic rings. The van der Waals surface area contributed by atoms with Crippen LogP contribution in [0.1, 0.15) is 52.4 Å². The second kappa shape index (κ2) is 8.89. The lowest BCUT2D eigenvalue weighted by Crippen LogP contribution is -2.47. The molecular weight excluding hydrogens is 224 g/mol. The van der Waals surface area contributed by atoms with E-state index < -0.39 is 0 Å². The fourth-order valence-electron chi connectivity index (χ4n) is 3.52. The van der Waals surface area contributed by atoms with Crippen molar-refractivity contribution >= 4 is 0 Å². The molecule has 0 radical (unpaired) electrons. The fraction of sp³-hybridized carbons (Fsp3) is 1.00. The Kier molecular flexibility index (Phi) is 7.87. The molecule has 3 N–H and O–H groups in total. The minimum absolute atomic E-state index is 0.300. The first-order valence-electron chi connectivity index (χ1n) is 7.81. The van der Waals surface area contributed by atoms with Crippen LogP contribution in [-0.2, 0) is 0 Å². The molecule has 0 saturated heterocycles. The van der Waals surface area contributed by atoms with Crippen molar-refractivity contribution in [2.45, 2.75) is 58.4 Å². The van der Waals surface area contributed by atoms with Gasteiger partial charge >= 0.3 is 0 Å². The van der Waals surface area contributed by atoms with Gasteiger partial charge in [-0.3, -0.25) is 0 Å². The number of nitrogens with two attached hydrogens (primary N) is 1. The van der Waals surface area contributed by atoms with Crippen LogP contribution in [0.25, 0.3) is 0 Å². The minimum Gasteiger partial charge on any atom is -0.396 e. The van der Waals surface area contributed by atoms with Crippen LogP contribution in [0.15, 0.2) is 0 Å². The van der Waals surface area contributed by atoms with E-state index in [9.17, 15) is 0 Å². The number of aliphatic hydroxyl groups is 1. The third kappa shape index (κ3) is 4.52. The Morgan fingerprint density at radius 2 is 2.06 bits per heavy atom. The third-order valence-corrected chi connectivity index (χ3v) is 4.54. The lowest BCUT2D eigenvalue weighted by atomic mass is 9.76. The Hall–Kier alpha value is -0.120. The van der Waals surface area contributed by atoms with E-state index in [0.29, 0.717) is 18.6 Å². The summed E-state index contributed by atoms with van der Waals surface area (Å²) in [4.78, 5) is 2.55. The van der Waals surface area contributed by atoms with E-state index in [1.165, 1.54) is 32.1 Å². The first kappa shape index (κ1) is 15.9. The van der Waals surface area contributed by atoms with Crippen molar-refractivity contribution in [2.75, 3.05) is 26.2 Å². The zero-order valence-electron chi connectivity index (χ0n) is 12.3. The second-order valence-corrected chi connectivity index (χ2v) is 5.74. The molecule has 0 spiro atoms. The zero-order chi connectivity index (χ0) is 13.4. The zero-order valence-corrected chi connectivity index (χ0v) is 12.3. The number of nitrogens with zero attached hydrogens (tertiary/aromatic N) is 1. The van der Waals surface area contributed by atoms with E-state index in [1.54, 1.807) is 0 Å². The summed E-state index contributed by atoms with van der Waals surface area (Å²) in [5.41, 5.74) is 5.96. The molecule has 0 aromatic heterocycles. The number of hydrogen-bond acceptors (Lipinski definition) is 3. The van der Waals surface area contributed by atoms with Gasteiger partial charge in [0.15, 0.2) is 0 Å². The van der Waals surface area contributed by atoms with Crippen molar-refractivity contribution in [3.63, 3.8) is 0 Å². The van der Waals surface area contributed by atoms with Crippen molar-refractivity contribution in [1.29, 1.82) is 0 Å². The van der Waals surface area contributed by atoms with E-state index in [-0.39, 0.29) is 0 Å². The molecule has 0 heterocycles. The van der Waals surface area contributed by atoms with Crippen LogP contribution >= 0.6 is 0 Å². The molecule has 0 aromatic rings. The number of aliphatic hydroxyl groups excluding tert-OH is 1. The average molecular weight is 256 g/mol. The summed E-state index contributed by atoms with van der Waals surface area (Å²) < 4.78 is 0. The number of hydrogen-bond donors (Lipinski definition) is 2. The van der Waals surface area contributed by atoms with Crippen LogP contribution < -0.4 is 5.73 Å². The molecule has 0 bridgehead atoms. The van der Waals surface area contributed by atoms with E-state index >= 15 is 0 Å². The van der Waals surface area contributed by atoms with Gasteiger partial charge < -0.3 is 15.7 Å². The van der Waals surface area contributed by atoms with Crippen molar-refractivity contribution in [3.8, 4) is 0 Å². The summed E-state index contributed by atoms with van der Waals surface area (Å²) in [6.45, 7) is 7.74. The lowest BCUT2D eigenvalue weighted by Gasteiger charge is -2.42. The standard InChI is InChI=1S/C15H32N2O/c1-3-6-13-7-8-14(12-16)15(11-13)17(4-2)9-5-10-18/h13-15,18H,3-12,16H2,1-2H3. The van der Waals surface area contributed by atoms with Gasteiger partial charge in [-0.1, -0.05) is 33.1 Å². The molecule has 3 heteroatoms. The fourth-order valence-corrected chi connectivity index (χ4v) is 3.52. The SMILES string of the molecule is CCCC1CCC(CN)C(N(CC)CCCO)C1. The molecule has 3 atom stereocenters. The molecule has 3 nitrogen and oxygen atoms in total. The van der Waals surface area contributed by atoms with Gasteiger partial charge in [0.05, 0.1) is 0 Å². The monoisotopic (exact) mass is 256 g/mol. The number of rotatable bonds is 8. The van der Waals surface area contributed by atoms with Crippen LogP contribution in [0.4, 0.5) is 0 Å². The highest BCUT2D eigenvalue weighted by molar-refractivity contribution is 4.87. The highest BCUT2D eigenvalue weighted by atomic mass is 16.3. The molecule has 1 rings (SSSR count). The van der Waals surface area contributed by atoms with Crippen molar-refractivity contribution in [3.05, 3.63) is 0 Å². The van der Waals surface area contributed by atoms with Crippen molar-refractivity contribution in [2.24, 2.45) is 17.6 Å². The van der Waals surface area contributed by atoms with E-state index in [2.05, 4.69) is 18.7 Å². The Labute approximate surface area is 113 Å². The van der Waals surface area contributed by atoms with Gasteiger partial charge in [-0.15, -0.1) is 0 Å². The lowest BCUT2D eigenvalue weighted by molar-refractivity contribution is 0.0775. The highest BCUT2D eigenvalue weighted by Crippen LogP contribution is 2.34. The molecule has 0 amide bonds. The summed E-state index contributed by atoms with van der Waals surface area (Å²) in [6, 6.07) is 0.650. The second-order valence-electron chi connectivity index (χ2n) is 5.74. The molecule has 0 aliphatic heterocycles. The van der Waals surface area contributed by atoms with Gasteiger partial charge in [-0.2, -0.15) is 0 Å². The summed E-state index contributed by atoms with van der Waals surface area (Å²) in [6.07, 6.45) is 7.53. The van der Waals surface area contributed by atoms with Gasteiger partial charge in [0, 0.05) is 19.2 Å². The molecule has 1 aliphatic carbocycles. The third-order valence-electron chi connectivity index (χ3n) is 4.54. The predicted octanol–water partition coefficient (Wildman–Crippen LogP) is 2.23. The van der Waals surface area contributed by atoms with E-state index in [4.69, 9.17) is 10.8 Å². The maximum absolute atomic E-state index is 9.02. The Bertz CT molecular complexity index is 211. The maximum Gasteiger partial charge on any atom is 0.0443 e. The van der Waals surface area contributed by atoms with Crippen LogP contribution in [0.5, 0.6) is 0 Å². The van der Waals surface area contributed by atoms with Crippen LogP contribution in [-0.4, -0.2) is 42.3 Å². The van der Waals surface area contributed by atoms with Gasteiger partial charge in [0.2, 0.25) is 0 Å². The maximum atomic E-state index is 9.02. The molecule has 0 aromatic carbocycles. The summed E-state index contributed by atoms with van der Waals surface area (Å²) >= 11 is 0. The average Bonchev–Trinajstić information content (AvgIpc) is 2.40. The highest BCUT2D eigenvalue weighted by Gasteiger charge is 2.32. The summed E-state index contributed by atoms with van der Waals surface area (Å²) in [5.74, 6) is 1.56. The van der Waals surface area contributed by atoms with Crippen LogP contribution in [0, 0.1) is 11.8 Å². The van der Waals surface area contributed by atoms with Gasteiger partial charge in [-0.25, -0.2) is 0 Å². The first-order chi connectivity index (χ1) is 8.76. The molecule has 18 heavy (non-hydrogen) atoms. The van der Waals surface area contributed by atoms with Crippen LogP contribution in [0.2, 0.25) is 0 Å². The van der Waals surface area contributed by atoms with Gasteiger partial charge in [0.1, 0.15) is 0 Å².